The van der Waals surface area contributed by atoms with Gasteiger partial charge in [-0.1, -0.05) is 17.7 Å². The van der Waals surface area contributed by atoms with Crippen LogP contribution in [0, 0.1) is 11.3 Å². The first-order valence-electron chi connectivity index (χ1n) is 6.96. The van der Waals surface area contributed by atoms with Crippen molar-refractivity contribution < 1.29 is 4.79 Å². The predicted molar refractivity (Wildman–Crippen MR) is 88.6 cm³/mol. The minimum atomic E-state index is 0.0891. The van der Waals surface area contributed by atoms with Gasteiger partial charge in [-0.25, -0.2) is 0 Å². The summed E-state index contributed by atoms with van der Waals surface area (Å²) >= 11 is 7.40. The van der Waals surface area contributed by atoms with Crippen molar-refractivity contribution in [2.45, 2.75) is 0 Å². The zero-order chi connectivity index (χ0) is 15.5. The Kier molecular flexibility index (Phi) is 4.32. The van der Waals surface area contributed by atoms with E-state index in [2.05, 4.69) is 11.0 Å². The molecule has 1 aliphatic rings. The predicted octanol–water partition coefficient (Wildman–Crippen LogP) is 3.24. The largest absolute Gasteiger partial charge is 0.367 e. The zero-order valence-electron chi connectivity index (χ0n) is 11.8. The van der Waals surface area contributed by atoms with E-state index in [0.29, 0.717) is 36.8 Å². The molecule has 0 N–H and O–H groups in total. The van der Waals surface area contributed by atoms with Crippen LogP contribution in [0.5, 0.6) is 0 Å². The molecular weight excluding hydrogens is 318 g/mol. The highest BCUT2D eigenvalue weighted by atomic mass is 35.5. The molecule has 3 rings (SSSR count). The number of nitriles is 1. The minimum absolute atomic E-state index is 0.0891. The number of nitrogens with zero attached hydrogens (tertiary/aromatic N) is 3. The first kappa shape index (κ1) is 14.9. The topological polar surface area (TPSA) is 47.3 Å². The molecule has 1 aromatic carbocycles. The van der Waals surface area contributed by atoms with E-state index in [9.17, 15) is 10.1 Å². The lowest BCUT2D eigenvalue weighted by atomic mass is 10.1. The van der Waals surface area contributed by atoms with E-state index in [1.807, 2.05) is 28.5 Å². The summed E-state index contributed by atoms with van der Waals surface area (Å²) in [7, 11) is 0. The van der Waals surface area contributed by atoms with Gasteiger partial charge in [0.05, 0.1) is 16.1 Å². The maximum absolute atomic E-state index is 12.3. The van der Waals surface area contributed by atoms with E-state index in [1.165, 1.54) is 11.3 Å². The molecule has 0 radical (unpaired) electrons. The number of thiophene rings is 1. The van der Waals surface area contributed by atoms with E-state index in [0.717, 1.165) is 10.6 Å². The number of hydrogen-bond acceptors (Lipinski definition) is 4. The number of carbonyl (C=O) groups is 1. The Morgan fingerprint density at radius 3 is 2.64 bits per heavy atom. The molecule has 0 aliphatic carbocycles. The van der Waals surface area contributed by atoms with Crippen LogP contribution in [0.25, 0.3) is 0 Å². The molecule has 2 aromatic rings. The number of halogens is 1. The highest BCUT2D eigenvalue weighted by molar-refractivity contribution is 7.12. The molecule has 22 heavy (non-hydrogen) atoms. The van der Waals surface area contributed by atoms with Gasteiger partial charge in [-0.2, -0.15) is 5.26 Å². The minimum Gasteiger partial charge on any atom is -0.367 e. The number of anilines is 1. The molecule has 0 bridgehead atoms. The molecule has 2 heterocycles. The Balaban J connectivity index is 1.70. The molecule has 0 atom stereocenters. The van der Waals surface area contributed by atoms with Crippen molar-refractivity contribution in [1.82, 2.24) is 4.90 Å². The number of hydrogen-bond donors (Lipinski definition) is 0. The van der Waals surface area contributed by atoms with Crippen molar-refractivity contribution in [3.8, 4) is 6.07 Å². The second-order valence-electron chi connectivity index (χ2n) is 5.03. The van der Waals surface area contributed by atoms with Gasteiger partial charge in [0, 0.05) is 31.2 Å². The molecule has 6 heteroatoms. The van der Waals surface area contributed by atoms with E-state index in [-0.39, 0.29) is 5.91 Å². The zero-order valence-corrected chi connectivity index (χ0v) is 13.4. The van der Waals surface area contributed by atoms with Gasteiger partial charge >= 0.3 is 0 Å². The lowest BCUT2D eigenvalue weighted by Gasteiger charge is -2.36. The monoisotopic (exact) mass is 331 g/mol. The highest BCUT2D eigenvalue weighted by Gasteiger charge is 2.23. The summed E-state index contributed by atoms with van der Waals surface area (Å²) < 4.78 is 0. The summed E-state index contributed by atoms with van der Waals surface area (Å²) in [6, 6.07) is 11.3. The Morgan fingerprint density at radius 2 is 2.00 bits per heavy atom. The van der Waals surface area contributed by atoms with Crippen LogP contribution in [0.3, 0.4) is 0 Å². The molecule has 112 valence electrons. The first-order valence-corrected chi connectivity index (χ1v) is 8.22. The van der Waals surface area contributed by atoms with Crippen LogP contribution in [0.15, 0.2) is 35.7 Å². The Morgan fingerprint density at radius 1 is 1.23 bits per heavy atom. The Labute approximate surface area is 138 Å². The van der Waals surface area contributed by atoms with Gasteiger partial charge in [-0.05, 0) is 29.6 Å². The molecule has 1 saturated heterocycles. The molecule has 0 unspecified atom stereocenters. The fraction of sp³-hybridized carbons (Fsp3) is 0.250. The van der Waals surface area contributed by atoms with Crippen LogP contribution < -0.4 is 4.90 Å². The van der Waals surface area contributed by atoms with Gasteiger partial charge in [0.2, 0.25) is 0 Å². The summed E-state index contributed by atoms with van der Waals surface area (Å²) in [6.45, 7) is 2.75. The smallest absolute Gasteiger partial charge is 0.264 e. The average Bonchev–Trinajstić information content (AvgIpc) is 3.08. The molecule has 0 saturated carbocycles. The van der Waals surface area contributed by atoms with Gasteiger partial charge in [0.15, 0.2) is 0 Å². The van der Waals surface area contributed by atoms with Gasteiger partial charge in [0.1, 0.15) is 6.07 Å². The first-order chi connectivity index (χ1) is 10.7. The van der Waals surface area contributed by atoms with Crippen molar-refractivity contribution >= 4 is 34.5 Å². The average molecular weight is 332 g/mol. The standard InChI is InChI=1S/C16H14ClN3OS/c17-13-3-4-14(12(10-13)11-18)19-5-7-20(8-6-19)16(21)15-2-1-9-22-15/h1-4,9-10H,5-8H2. The second-order valence-corrected chi connectivity index (χ2v) is 6.41. The van der Waals surface area contributed by atoms with Gasteiger partial charge in [-0.3, -0.25) is 4.79 Å². The molecule has 1 aliphatic heterocycles. The van der Waals surface area contributed by atoms with Crippen molar-refractivity contribution in [2.75, 3.05) is 31.1 Å². The Hall–Kier alpha value is -2.03. The van der Waals surface area contributed by atoms with E-state index in [1.54, 1.807) is 12.1 Å². The molecule has 1 amide bonds. The van der Waals surface area contributed by atoms with Crippen LogP contribution in [0.2, 0.25) is 5.02 Å². The van der Waals surface area contributed by atoms with Crippen molar-refractivity contribution in [3.63, 3.8) is 0 Å². The number of benzene rings is 1. The number of carbonyl (C=O) groups excluding carboxylic acids is 1. The van der Waals surface area contributed by atoms with E-state index >= 15 is 0 Å². The van der Waals surface area contributed by atoms with E-state index < -0.39 is 0 Å². The molecular formula is C16H14ClN3OS. The third-order valence-corrected chi connectivity index (χ3v) is 4.81. The Bertz CT molecular complexity index is 715. The second kappa shape index (κ2) is 6.39. The van der Waals surface area contributed by atoms with Gasteiger partial charge in [0.25, 0.3) is 5.91 Å². The number of piperazine rings is 1. The third kappa shape index (κ3) is 2.94. The maximum atomic E-state index is 12.3. The third-order valence-electron chi connectivity index (χ3n) is 3.72. The van der Waals surface area contributed by atoms with Crippen LogP contribution >= 0.6 is 22.9 Å². The van der Waals surface area contributed by atoms with Crippen molar-refractivity contribution in [3.05, 3.63) is 51.2 Å². The lowest BCUT2D eigenvalue weighted by molar-refractivity contribution is 0.0751. The lowest BCUT2D eigenvalue weighted by Crippen LogP contribution is -2.48. The molecule has 4 nitrogen and oxygen atoms in total. The fourth-order valence-corrected chi connectivity index (χ4v) is 3.44. The van der Waals surface area contributed by atoms with Crippen LogP contribution in [0.4, 0.5) is 5.69 Å². The summed E-state index contributed by atoms with van der Waals surface area (Å²) in [5.74, 6) is 0.0891. The summed E-state index contributed by atoms with van der Waals surface area (Å²) in [4.78, 5) is 17.1. The summed E-state index contributed by atoms with van der Waals surface area (Å²) in [5.41, 5.74) is 1.46. The van der Waals surface area contributed by atoms with Gasteiger partial charge < -0.3 is 9.80 Å². The summed E-state index contributed by atoms with van der Waals surface area (Å²) in [6.07, 6.45) is 0. The fourth-order valence-electron chi connectivity index (χ4n) is 2.58. The number of amides is 1. The summed E-state index contributed by atoms with van der Waals surface area (Å²) in [5, 5.41) is 11.7. The molecule has 0 spiro atoms. The quantitative estimate of drug-likeness (QED) is 0.848. The van der Waals surface area contributed by atoms with Crippen LogP contribution in [-0.4, -0.2) is 37.0 Å². The van der Waals surface area contributed by atoms with Crippen LogP contribution in [-0.2, 0) is 0 Å². The maximum Gasteiger partial charge on any atom is 0.264 e. The van der Waals surface area contributed by atoms with Crippen molar-refractivity contribution in [2.24, 2.45) is 0 Å². The van der Waals surface area contributed by atoms with Crippen molar-refractivity contribution in [1.29, 1.82) is 5.26 Å². The number of rotatable bonds is 2. The molecule has 1 fully saturated rings. The molecule has 1 aromatic heterocycles. The van der Waals surface area contributed by atoms with Crippen LogP contribution in [0.1, 0.15) is 15.2 Å². The normalized spacial score (nSPS) is 14.7. The SMILES string of the molecule is N#Cc1cc(Cl)ccc1N1CCN(C(=O)c2cccs2)CC1. The van der Waals surface area contributed by atoms with E-state index in [4.69, 9.17) is 11.6 Å². The van der Waals surface area contributed by atoms with Gasteiger partial charge in [-0.15, -0.1) is 11.3 Å². The highest BCUT2D eigenvalue weighted by Crippen LogP contribution is 2.25.